The fourth-order valence-electron chi connectivity index (χ4n) is 2.37. The van der Waals surface area contributed by atoms with Crippen LogP contribution in [-0.4, -0.2) is 32.3 Å². The quantitative estimate of drug-likeness (QED) is 0.911. The Balaban J connectivity index is 1.54. The van der Waals surface area contributed by atoms with E-state index in [1.165, 1.54) is 0 Å². The molecule has 2 aromatic rings. The number of carbonyl (C=O) groups excluding carboxylic acids is 1. The molecule has 0 unspecified atom stereocenters. The summed E-state index contributed by atoms with van der Waals surface area (Å²) < 4.78 is 5.26. The highest BCUT2D eigenvalue weighted by atomic mass is 16.5. The van der Waals surface area contributed by atoms with Crippen LogP contribution in [0.25, 0.3) is 0 Å². The summed E-state index contributed by atoms with van der Waals surface area (Å²) in [5, 5.41) is 5.61. The smallest absolute Gasteiger partial charge is 0.323 e. The van der Waals surface area contributed by atoms with Crippen molar-refractivity contribution in [3.8, 4) is 0 Å². The van der Waals surface area contributed by atoms with E-state index in [9.17, 15) is 4.79 Å². The Kier molecular flexibility index (Phi) is 4.25. The summed E-state index contributed by atoms with van der Waals surface area (Å²) in [6.07, 6.45) is 0.328. The van der Waals surface area contributed by atoms with Gasteiger partial charge in [0, 0.05) is 37.3 Å². The first-order valence-corrected chi connectivity index (χ1v) is 7.25. The number of nitrogens with zero attached hydrogens (tertiary/aromatic N) is 1. The van der Waals surface area contributed by atoms with Crippen LogP contribution in [0.2, 0.25) is 0 Å². The van der Waals surface area contributed by atoms with E-state index in [1.807, 2.05) is 54.6 Å². The van der Waals surface area contributed by atoms with Crippen LogP contribution in [0.1, 0.15) is 0 Å². The van der Waals surface area contributed by atoms with Gasteiger partial charge in [-0.15, -0.1) is 0 Å². The molecule has 1 aliphatic rings. The van der Waals surface area contributed by atoms with E-state index in [0.717, 1.165) is 30.2 Å². The zero-order chi connectivity index (χ0) is 15.4. The molecule has 1 fully saturated rings. The van der Waals surface area contributed by atoms with Crippen molar-refractivity contribution in [2.45, 2.75) is 6.10 Å². The Morgan fingerprint density at radius 1 is 1.00 bits per heavy atom. The Morgan fingerprint density at radius 3 is 2.18 bits per heavy atom. The second-order valence-corrected chi connectivity index (χ2v) is 5.25. The average Bonchev–Trinajstić information content (AvgIpc) is 2.49. The van der Waals surface area contributed by atoms with Crippen LogP contribution < -0.4 is 15.5 Å². The molecular formula is C17H19N3O2. The number of hydrogen-bond acceptors (Lipinski definition) is 3. The molecule has 0 atom stereocenters. The van der Waals surface area contributed by atoms with Gasteiger partial charge >= 0.3 is 6.03 Å². The topological polar surface area (TPSA) is 53.6 Å². The third kappa shape index (κ3) is 3.38. The molecule has 3 rings (SSSR count). The van der Waals surface area contributed by atoms with Gasteiger partial charge in [-0.2, -0.15) is 0 Å². The predicted molar refractivity (Wildman–Crippen MR) is 88.5 cm³/mol. The van der Waals surface area contributed by atoms with Crippen molar-refractivity contribution in [1.29, 1.82) is 0 Å². The molecule has 1 heterocycles. The van der Waals surface area contributed by atoms with Gasteiger partial charge in [0.1, 0.15) is 0 Å². The van der Waals surface area contributed by atoms with Crippen LogP contribution >= 0.6 is 0 Å². The number of nitrogens with one attached hydrogen (secondary N) is 2. The highest BCUT2D eigenvalue weighted by Crippen LogP contribution is 2.23. The summed E-state index contributed by atoms with van der Waals surface area (Å²) in [6, 6.07) is 16.9. The fourth-order valence-corrected chi connectivity index (χ4v) is 2.37. The van der Waals surface area contributed by atoms with Gasteiger partial charge in [0.25, 0.3) is 0 Å². The molecule has 1 saturated heterocycles. The van der Waals surface area contributed by atoms with Gasteiger partial charge in [0.05, 0.1) is 6.10 Å². The van der Waals surface area contributed by atoms with Gasteiger partial charge in [0.15, 0.2) is 0 Å². The molecule has 22 heavy (non-hydrogen) atoms. The number of rotatable bonds is 4. The van der Waals surface area contributed by atoms with Gasteiger partial charge in [-0.25, -0.2) is 4.79 Å². The van der Waals surface area contributed by atoms with Gasteiger partial charge in [0.2, 0.25) is 0 Å². The van der Waals surface area contributed by atoms with E-state index < -0.39 is 0 Å². The largest absolute Gasteiger partial charge is 0.378 e. The van der Waals surface area contributed by atoms with Crippen molar-refractivity contribution in [1.82, 2.24) is 0 Å². The second kappa shape index (κ2) is 6.49. The Hall–Kier alpha value is -2.53. The number of benzene rings is 2. The standard InChI is InChI=1S/C17H19N3O2/c1-22-16-11-20(12-16)15-9-7-14(8-10-15)19-17(21)18-13-5-3-2-4-6-13/h2-10,16H,11-12H2,1H3,(H2,18,19,21). The number of para-hydroxylation sites is 1. The SMILES string of the molecule is COC1CN(c2ccc(NC(=O)Nc3ccccc3)cc2)C1. The number of carbonyl (C=O) groups is 1. The number of hydrogen-bond donors (Lipinski definition) is 2. The lowest BCUT2D eigenvalue weighted by Gasteiger charge is -2.40. The molecule has 5 nitrogen and oxygen atoms in total. The van der Waals surface area contributed by atoms with Crippen molar-refractivity contribution in [2.75, 3.05) is 35.7 Å². The number of anilines is 3. The normalized spacial score (nSPS) is 14.3. The maximum Gasteiger partial charge on any atom is 0.323 e. The maximum absolute atomic E-state index is 11.9. The lowest BCUT2D eigenvalue weighted by atomic mass is 10.1. The lowest BCUT2D eigenvalue weighted by molar-refractivity contribution is 0.0788. The van der Waals surface area contributed by atoms with Crippen LogP contribution in [0.4, 0.5) is 21.9 Å². The molecule has 1 aliphatic heterocycles. The van der Waals surface area contributed by atoms with E-state index in [2.05, 4.69) is 15.5 Å². The van der Waals surface area contributed by atoms with E-state index in [-0.39, 0.29) is 6.03 Å². The van der Waals surface area contributed by atoms with Gasteiger partial charge < -0.3 is 20.3 Å². The molecule has 114 valence electrons. The number of urea groups is 1. The minimum absolute atomic E-state index is 0.248. The summed E-state index contributed by atoms with van der Waals surface area (Å²) in [7, 11) is 1.74. The third-order valence-electron chi connectivity index (χ3n) is 3.70. The second-order valence-electron chi connectivity index (χ2n) is 5.25. The minimum atomic E-state index is -0.248. The van der Waals surface area contributed by atoms with Crippen LogP contribution in [-0.2, 0) is 4.74 Å². The number of amides is 2. The summed E-state index contributed by atoms with van der Waals surface area (Å²) in [6.45, 7) is 1.83. The summed E-state index contributed by atoms with van der Waals surface area (Å²) in [5.74, 6) is 0. The first kappa shape index (κ1) is 14.4. The van der Waals surface area contributed by atoms with Crippen molar-refractivity contribution < 1.29 is 9.53 Å². The molecule has 0 saturated carbocycles. The first-order valence-electron chi connectivity index (χ1n) is 7.25. The zero-order valence-electron chi connectivity index (χ0n) is 12.5. The molecule has 2 N–H and O–H groups in total. The molecule has 0 spiro atoms. The monoisotopic (exact) mass is 297 g/mol. The van der Waals surface area contributed by atoms with Crippen LogP contribution in [0.15, 0.2) is 54.6 Å². The molecule has 5 heteroatoms. The predicted octanol–water partition coefficient (Wildman–Crippen LogP) is 3.17. The lowest BCUT2D eigenvalue weighted by Crippen LogP contribution is -2.51. The third-order valence-corrected chi connectivity index (χ3v) is 3.70. The molecule has 0 bridgehead atoms. The van der Waals surface area contributed by atoms with Gasteiger partial charge in [-0.1, -0.05) is 18.2 Å². The maximum atomic E-state index is 11.9. The van der Waals surface area contributed by atoms with E-state index >= 15 is 0 Å². The van der Waals surface area contributed by atoms with E-state index in [1.54, 1.807) is 7.11 Å². The van der Waals surface area contributed by atoms with Gasteiger partial charge in [-0.3, -0.25) is 0 Å². The van der Waals surface area contributed by atoms with E-state index in [0.29, 0.717) is 6.10 Å². The highest BCUT2D eigenvalue weighted by Gasteiger charge is 2.26. The van der Waals surface area contributed by atoms with Crippen molar-refractivity contribution in [3.63, 3.8) is 0 Å². The molecule has 0 aromatic heterocycles. The van der Waals surface area contributed by atoms with Crippen LogP contribution in [0, 0.1) is 0 Å². The Labute approximate surface area is 129 Å². The summed E-state index contributed by atoms with van der Waals surface area (Å²) in [4.78, 5) is 14.1. The molecular weight excluding hydrogens is 278 g/mol. The van der Waals surface area contributed by atoms with Crippen molar-refractivity contribution in [2.24, 2.45) is 0 Å². The number of ether oxygens (including phenoxy) is 1. The Morgan fingerprint density at radius 2 is 1.59 bits per heavy atom. The van der Waals surface area contributed by atoms with Crippen molar-refractivity contribution >= 4 is 23.1 Å². The highest BCUT2D eigenvalue weighted by molar-refractivity contribution is 5.99. The summed E-state index contributed by atoms with van der Waals surface area (Å²) in [5.41, 5.74) is 2.67. The van der Waals surface area contributed by atoms with E-state index in [4.69, 9.17) is 4.74 Å². The average molecular weight is 297 g/mol. The minimum Gasteiger partial charge on any atom is -0.378 e. The number of methoxy groups -OCH3 is 1. The van der Waals surface area contributed by atoms with Gasteiger partial charge in [-0.05, 0) is 36.4 Å². The Bertz CT molecular complexity index is 622. The van der Waals surface area contributed by atoms with Crippen LogP contribution in [0.3, 0.4) is 0 Å². The van der Waals surface area contributed by atoms with Crippen molar-refractivity contribution in [3.05, 3.63) is 54.6 Å². The molecule has 0 radical (unpaired) electrons. The zero-order valence-corrected chi connectivity index (χ0v) is 12.5. The van der Waals surface area contributed by atoms with Crippen LogP contribution in [0.5, 0.6) is 0 Å². The molecule has 2 aromatic carbocycles. The fraction of sp³-hybridized carbons (Fsp3) is 0.235. The first-order chi connectivity index (χ1) is 10.7. The summed E-state index contributed by atoms with van der Waals surface area (Å²) >= 11 is 0. The molecule has 2 amide bonds. The molecule has 0 aliphatic carbocycles.